The summed E-state index contributed by atoms with van der Waals surface area (Å²) in [7, 11) is 0. The second-order valence-corrected chi connectivity index (χ2v) is 8.88. The second kappa shape index (κ2) is 6.29. The van der Waals surface area contributed by atoms with Crippen LogP contribution in [0.2, 0.25) is 0 Å². The van der Waals surface area contributed by atoms with Gasteiger partial charge in [0.1, 0.15) is 0 Å². The molecule has 4 aliphatic rings. The molecule has 23 heavy (non-hydrogen) atoms. The van der Waals surface area contributed by atoms with Gasteiger partial charge in [0.25, 0.3) is 0 Å². The van der Waals surface area contributed by atoms with Crippen molar-refractivity contribution in [2.75, 3.05) is 13.1 Å². The highest BCUT2D eigenvalue weighted by atomic mass is 16.3. The molecule has 4 fully saturated rings. The minimum atomic E-state index is -0.484. The first-order valence-electron chi connectivity index (χ1n) is 10.0. The van der Waals surface area contributed by atoms with E-state index in [1.165, 1.54) is 25.7 Å². The Morgan fingerprint density at radius 1 is 0.739 bits per heavy atom. The lowest BCUT2D eigenvalue weighted by atomic mass is 9.69. The molecule has 2 aliphatic carbocycles. The molecule has 4 N–H and O–H groups in total. The molecule has 2 saturated heterocycles. The smallest absolute Gasteiger partial charge is 0.0802 e. The monoisotopic (exact) mass is 322 g/mol. The minimum Gasteiger partial charge on any atom is -0.388 e. The molecule has 0 aromatic rings. The summed E-state index contributed by atoms with van der Waals surface area (Å²) in [4.78, 5) is 0. The van der Waals surface area contributed by atoms with Gasteiger partial charge < -0.3 is 20.8 Å². The van der Waals surface area contributed by atoms with E-state index in [1.807, 2.05) is 0 Å². The summed E-state index contributed by atoms with van der Waals surface area (Å²) >= 11 is 0. The van der Waals surface area contributed by atoms with Crippen LogP contribution in [0.25, 0.3) is 0 Å². The Morgan fingerprint density at radius 3 is 2.26 bits per heavy atom. The average Bonchev–Trinajstić information content (AvgIpc) is 3.29. The molecule has 0 spiro atoms. The van der Waals surface area contributed by atoms with Gasteiger partial charge in [-0.05, 0) is 76.3 Å². The highest BCUT2D eigenvalue weighted by Crippen LogP contribution is 2.44. The lowest BCUT2D eigenvalue weighted by molar-refractivity contribution is -0.0517. The third-order valence-electron chi connectivity index (χ3n) is 7.46. The molecule has 3 unspecified atom stereocenters. The van der Waals surface area contributed by atoms with Gasteiger partial charge in [-0.15, -0.1) is 0 Å². The number of nitrogens with one attached hydrogen (secondary N) is 2. The number of aliphatic hydroxyl groups is 2. The highest BCUT2D eigenvalue weighted by molar-refractivity contribution is 5.04. The fraction of sp³-hybridized carbons (Fsp3) is 1.00. The van der Waals surface area contributed by atoms with E-state index in [9.17, 15) is 10.2 Å². The molecule has 0 aromatic heterocycles. The van der Waals surface area contributed by atoms with E-state index >= 15 is 0 Å². The van der Waals surface area contributed by atoms with Crippen molar-refractivity contribution in [3.63, 3.8) is 0 Å². The van der Waals surface area contributed by atoms with E-state index in [0.717, 1.165) is 58.0 Å². The minimum absolute atomic E-state index is 0.287. The number of hydrogen-bond acceptors (Lipinski definition) is 4. The first kappa shape index (κ1) is 16.3. The van der Waals surface area contributed by atoms with E-state index in [4.69, 9.17) is 0 Å². The fourth-order valence-corrected chi connectivity index (χ4v) is 6.06. The summed E-state index contributed by atoms with van der Waals surface area (Å²) in [6.07, 6.45) is 12.1. The van der Waals surface area contributed by atoms with E-state index in [0.29, 0.717) is 17.9 Å². The second-order valence-electron chi connectivity index (χ2n) is 8.88. The Balaban J connectivity index is 1.38. The molecule has 132 valence electrons. The van der Waals surface area contributed by atoms with Crippen molar-refractivity contribution in [1.29, 1.82) is 0 Å². The topological polar surface area (TPSA) is 64.5 Å². The quantitative estimate of drug-likeness (QED) is 0.641. The van der Waals surface area contributed by atoms with Crippen LogP contribution in [0.3, 0.4) is 0 Å². The Kier molecular flexibility index (Phi) is 4.46. The summed E-state index contributed by atoms with van der Waals surface area (Å²) in [5.74, 6) is 1.26. The van der Waals surface area contributed by atoms with Gasteiger partial charge in [-0.1, -0.05) is 19.3 Å². The van der Waals surface area contributed by atoms with E-state index in [1.54, 1.807) is 0 Å². The maximum absolute atomic E-state index is 11.2. The molecule has 4 nitrogen and oxygen atoms in total. The average molecular weight is 322 g/mol. The lowest BCUT2D eigenvalue weighted by Crippen LogP contribution is -2.51. The Bertz CT molecular complexity index is 418. The molecule has 0 aromatic carbocycles. The van der Waals surface area contributed by atoms with Crippen molar-refractivity contribution < 1.29 is 10.2 Å². The summed E-state index contributed by atoms with van der Waals surface area (Å²) in [6.45, 7) is 2.10. The van der Waals surface area contributed by atoms with Crippen LogP contribution >= 0.6 is 0 Å². The molecule has 5 atom stereocenters. The zero-order valence-corrected chi connectivity index (χ0v) is 14.4. The van der Waals surface area contributed by atoms with Crippen LogP contribution in [0.4, 0.5) is 0 Å². The molecule has 4 rings (SSSR count). The highest BCUT2D eigenvalue weighted by Gasteiger charge is 2.48. The van der Waals surface area contributed by atoms with Crippen LogP contribution in [0.5, 0.6) is 0 Å². The molecule has 2 aliphatic heterocycles. The maximum atomic E-state index is 11.2. The van der Waals surface area contributed by atoms with Crippen LogP contribution in [-0.2, 0) is 0 Å². The standard InChI is InChI=1S/C19H34N2O2/c22-18(7-1-2-8-18)17-11-15(13-21-17)14-5-3-9-19(23,12-14)16-6-4-10-20-16/h14-17,20-23H,1-13H2/t14?,15?,16-,17+,19?/m0/s1. The van der Waals surface area contributed by atoms with Gasteiger partial charge in [0.2, 0.25) is 0 Å². The molecule has 0 amide bonds. The van der Waals surface area contributed by atoms with Gasteiger partial charge >= 0.3 is 0 Å². The normalized spacial score (nSPS) is 47.2. The van der Waals surface area contributed by atoms with Crippen molar-refractivity contribution in [3.05, 3.63) is 0 Å². The largest absolute Gasteiger partial charge is 0.388 e. The third kappa shape index (κ3) is 3.08. The van der Waals surface area contributed by atoms with Crippen molar-refractivity contribution in [3.8, 4) is 0 Å². The predicted octanol–water partition coefficient (Wildman–Crippen LogP) is 1.94. The molecular formula is C19H34N2O2. The molecular weight excluding hydrogens is 288 g/mol. The van der Waals surface area contributed by atoms with E-state index < -0.39 is 11.2 Å². The SMILES string of the molecule is OC1([C@@H]2CCCN2)CCCC(C2CN[C@@H](C3(O)CCCC3)C2)C1. The number of rotatable bonds is 3. The van der Waals surface area contributed by atoms with Gasteiger partial charge in [0.15, 0.2) is 0 Å². The van der Waals surface area contributed by atoms with Gasteiger partial charge in [-0.3, -0.25) is 0 Å². The van der Waals surface area contributed by atoms with E-state index in [2.05, 4.69) is 10.6 Å². The van der Waals surface area contributed by atoms with E-state index in [-0.39, 0.29) is 6.04 Å². The summed E-state index contributed by atoms with van der Waals surface area (Å²) in [6, 6.07) is 0.601. The first-order chi connectivity index (χ1) is 11.1. The van der Waals surface area contributed by atoms with Crippen LogP contribution in [0, 0.1) is 11.8 Å². The van der Waals surface area contributed by atoms with Gasteiger partial charge in [0.05, 0.1) is 11.2 Å². The maximum Gasteiger partial charge on any atom is 0.0802 e. The van der Waals surface area contributed by atoms with Crippen LogP contribution in [0.15, 0.2) is 0 Å². The summed E-state index contributed by atoms with van der Waals surface area (Å²) in [5, 5.41) is 29.2. The third-order valence-corrected chi connectivity index (χ3v) is 7.46. The van der Waals surface area contributed by atoms with Gasteiger partial charge in [-0.2, -0.15) is 0 Å². The Morgan fingerprint density at radius 2 is 1.52 bits per heavy atom. The summed E-state index contributed by atoms with van der Waals surface area (Å²) in [5.41, 5.74) is -0.936. The molecule has 4 heteroatoms. The van der Waals surface area contributed by atoms with Crippen LogP contribution in [-0.4, -0.2) is 46.6 Å². The lowest BCUT2D eigenvalue weighted by Gasteiger charge is -2.43. The fourth-order valence-electron chi connectivity index (χ4n) is 6.06. The number of hydrogen-bond donors (Lipinski definition) is 4. The molecule has 2 saturated carbocycles. The summed E-state index contributed by atoms with van der Waals surface area (Å²) < 4.78 is 0. The van der Waals surface area contributed by atoms with Crippen molar-refractivity contribution in [1.82, 2.24) is 10.6 Å². The van der Waals surface area contributed by atoms with Crippen molar-refractivity contribution in [2.24, 2.45) is 11.8 Å². The van der Waals surface area contributed by atoms with Crippen molar-refractivity contribution in [2.45, 2.75) is 93.9 Å². The van der Waals surface area contributed by atoms with Crippen molar-refractivity contribution >= 4 is 0 Å². The first-order valence-corrected chi connectivity index (χ1v) is 10.0. The van der Waals surface area contributed by atoms with Gasteiger partial charge in [0, 0.05) is 12.1 Å². The molecule has 2 heterocycles. The molecule has 0 radical (unpaired) electrons. The van der Waals surface area contributed by atoms with Gasteiger partial charge in [-0.25, -0.2) is 0 Å². The zero-order valence-electron chi connectivity index (χ0n) is 14.4. The van der Waals surface area contributed by atoms with Crippen LogP contribution in [0.1, 0.15) is 70.6 Å². The predicted molar refractivity (Wildman–Crippen MR) is 91.2 cm³/mol. The Hall–Kier alpha value is -0.160. The zero-order chi connectivity index (χ0) is 15.9. The Labute approximate surface area is 140 Å². The molecule has 0 bridgehead atoms. The van der Waals surface area contributed by atoms with Crippen LogP contribution < -0.4 is 10.6 Å².